The fourth-order valence-electron chi connectivity index (χ4n) is 2.41. The second kappa shape index (κ2) is 4.47. The first-order chi connectivity index (χ1) is 6.83. The van der Waals surface area contributed by atoms with E-state index in [1.165, 1.54) is 42.3 Å². The topological polar surface area (TPSA) is 17.8 Å². The summed E-state index contributed by atoms with van der Waals surface area (Å²) in [4.78, 5) is 0. The predicted molar refractivity (Wildman–Crippen MR) is 61.4 cm³/mol. The molecule has 1 saturated carbocycles. The number of nitrogens with zero attached hydrogens (tertiary/aromatic N) is 2. The average molecular weight is 257 g/mol. The Hall–Kier alpha value is -0.310. The number of halogens is 1. The third-order valence-corrected chi connectivity index (χ3v) is 3.74. The molecule has 1 aliphatic carbocycles. The van der Waals surface area contributed by atoms with Crippen LogP contribution in [0.4, 0.5) is 0 Å². The summed E-state index contributed by atoms with van der Waals surface area (Å²) in [6, 6.07) is 0. The van der Waals surface area contributed by atoms with Crippen LogP contribution < -0.4 is 0 Å². The van der Waals surface area contributed by atoms with Crippen LogP contribution in [0.5, 0.6) is 0 Å². The Labute approximate surface area is 93.8 Å². The van der Waals surface area contributed by atoms with Crippen LogP contribution in [0.1, 0.15) is 50.6 Å². The predicted octanol–water partition coefficient (Wildman–Crippen LogP) is 3.71. The van der Waals surface area contributed by atoms with Crippen LogP contribution in [-0.4, -0.2) is 9.78 Å². The minimum Gasteiger partial charge on any atom is -0.268 e. The summed E-state index contributed by atoms with van der Waals surface area (Å²) in [6.07, 6.45) is 8.79. The van der Waals surface area contributed by atoms with Gasteiger partial charge in [0.2, 0.25) is 0 Å². The number of aromatic nitrogens is 2. The molecule has 0 spiro atoms. The molecule has 78 valence electrons. The van der Waals surface area contributed by atoms with Crippen LogP contribution in [0.15, 0.2) is 10.7 Å². The number of aryl methyl sites for hydroxylation is 1. The fraction of sp³-hybridized carbons (Fsp3) is 0.727. The largest absolute Gasteiger partial charge is 0.268 e. The lowest BCUT2D eigenvalue weighted by Crippen LogP contribution is -2.11. The molecule has 14 heavy (non-hydrogen) atoms. The third-order valence-electron chi connectivity index (χ3n) is 3.12. The second-order valence-electron chi connectivity index (χ2n) is 4.03. The summed E-state index contributed by atoms with van der Waals surface area (Å²) in [5.41, 5.74) is 1.42. The van der Waals surface area contributed by atoms with Gasteiger partial charge in [-0.25, -0.2) is 0 Å². The molecule has 0 amide bonds. The van der Waals surface area contributed by atoms with Crippen LogP contribution in [0, 0.1) is 0 Å². The Morgan fingerprint density at radius 2 is 2.14 bits per heavy atom. The molecule has 1 heterocycles. The third kappa shape index (κ3) is 1.88. The smallest absolute Gasteiger partial charge is 0.0635 e. The number of rotatable bonds is 2. The molecule has 1 aromatic rings. The monoisotopic (exact) mass is 256 g/mol. The highest BCUT2D eigenvalue weighted by molar-refractivity contribution is 9.10. The van der Waals surface area contributed by atoms with Crippen molar-refractivity contribution >= 4 is 15.9 Å². The zero-order valence-corrected chi connectivity index (χ0v) is 10.3. The van der Waals surface area contributed by atoms with Gasteiger partial charge in [-0.1, -0.05) is 19.3 Å². The fourth-order valence-corrected chi connectivity index (χ4v) is 3.03. The zero-order valence-electron chi connectivity index (χ0n) is 8.67. The summed E-state index contributed by atoms with van der Waals surface area (Å²) in [7, 11) is 0. The molecular weight excluding hydrogens is 240 g/mol. The van der Waals surface area contributed by atoms with E-state index in [9.17, 15) is 0 Å². The van der Waals surface area contributed by atoms with Crippen molar-refractivity contribution in [3.63, 3.8) is 0 Å². The molecule has 1 fully saturated rings. The van der Waals surface area contributed by atoms with Gasteiger partial charge in [0.25, 0.3) is 0 Å². The first-order valence-corrected chi connectivity index (χ1v) is 6.33. The maximum atomic E-state index is 4.38. The molecule has 3 heteroatoms. The zero-order chi connectivity index (χ0) is 9.97. The molecule has 0 atom stereocenters. The minimum atomic E-state index is 0.737. The van der Waals surface area contributed by atoms with Crippen molar-refractivity contribution in [3.8, 4) is 0 Å². The maximum absolute atomic E-state index is 4.38. The van der Waals surface area contributed by atoms with E-state index < -0.39 is 0 Å². The molecule has 1 aliphatic rings. The van der Waals surface area contributed by atoms with E-state index in [0.29, 0.717) is 0 Å². The van der Waals surface area contributed by atoms with Crippen molar-refractivity contribution < 1.29 is 0 Å². The van der Waals surface area contributed by atoms with Crippen LogP contribution in [0.2, 0.25) is 0 Å². The Morgan fingerprint density at radius 3 is 2.79 bits per heavy atom. The lowest BCUT2D eigenvalue weighted by Gasteiger charge is -2.22. The Morgan fingerprint density at radius 1 is 1.43 bits per heavy atom. The van der Waals surface area contributed by atoms with Gasteiger partial charge in [-0.3, -0.25) is 4.68 Å². The highest BCUT2D eigenvalue weighted by Gasteiger charge is 2.21. The van der Waals surface area contributed by atoms with Crippen LogP contribution in [0.3, 0.4) is 0 Å². The molecular formula is C11H17BrN2. The molecule has 0 N–H and O–H groups in total. The van der Waals surface area contributed by atoms with Crippen LogP contribution >= 0.6 is 15.9 Å². The van der Waals surface area contributed by atoms with E-state index in [1.54, 1.807) is 0 Å². The van der Waals surface area contributed by atoms with E-state index >= 15 is 0 Å². The molecule has 2 rings (SSSR count). The number of hydrogen-bond acceptors (Lipinski definition) is 1. The molecule has 2 nitrogen and oxygen atoms in total. The van der Waals surface area contributed by atoms with Crippen molar-refractivity contribution in [1.82, 2.24) is 9.78 Å². The lowest BCUT2D eigenvalue weighted by molar-refractivity contribution is 0.416. The summed E-state index contributed by atoms with van der Waals surface area (Å²) >= 11 is 3.61. The normalized spacial score (nSPS) is 18.7. The number of hydrogen-bond donors (Lipinski definition) is 0. The Kier molecular flexibility index (Phi) is 3.26. The maximum Gasteiger partial charge on any atom is 0.0635 e. The SMILES string of the molecule is CCn1ncc(Br)c1C1CCCCC1. The van der Waals surface area contributed by atoms with E-state index in [-0.39, 0.29) is 0 Å². The summed E-state index contributed by atoms with van der Waals surface area (Å²) in [6.45, 7) is 3.14. The second-order valence-corrected chi connectivity index (χ2v) is 4.88. The average Bonchev–Trinajstić information content (AvgIpc) is 2.61. The van der Waals surface area contributed by atoms with Crippen LogP contribution in [0.25, 0.3) is 0 Å². The van der Waals surface area contributed by atoms with E-state index in [1.807, 2.05) is 6.20 Å². The highest BCUT2D eigenvalue weighted by Crippen LogP contribution is 2.36. The summed E-state index contributed by atoms with van der Waals surface area (Å²) < 4.78 is 3.34. The van der Waals surface area contributed by atoms with Crippen molar-refractivity contribution in [3.05, 3.63) is 16.4 Å². The molecule has 0 aliphatic heterocycles. The van der Waals surface area contributed by atoms with Crippen molar-refractivity contribution in [2.75, 3.05) is 0 Å². The molecule has 0 saturated heterocycles. The molecule has 0 bridgehead atoms. The van der Waals surface area contributed by atoms with Gasteiger partial charge < -0.3 is 0 Å². The minimum absolute atomic E-state index is 0.737. The van der Waals surface area contributed by atoms with Gasteiger partial charge in [0.1, 0.15) is 0 Å². The van der Waals surface area contributed by atoms with E-state index in [2.05, 4.69) is 32.6 Å². The Bertz CT molecular complexity index is 300. The van der Waals surface area contributed by atoms with Gasteiger partial charge in [-0.05, 0) is 35.7 Å². The van der Waals surface area contributed by atoms with Crippen molar-refractivity contribution in [1.29, 1.82) is 0 Å². The van der Waals surface area contributed by atoms with Crippen molar-refractivity contribution in [2.24, 2.45) is 0 Å². The van der Waals surface area contributed by atoms with Gasteiger partial charge in [0.05, 0.1) is 16.4 Å². The molecule has 0 unspecified atom stereocenters. The lowest BCUT2D eigenvalue weighted by atomic mass is 9.87. The summed E-state index contributed by atoms with van der Waals surface area (Å²) in [5, 5.41) is 4.38. The van der Waals surface area contributed by atoms with Gasteiger partial charge in [0, 0.05) is 12.5 Å². The van der Waals surface area contributed by atoms with Crippen molar-refractivity contribution in [2.45, 2.75) is 51.5 Å². The molecule has 0 aromatic carbocycles. The van der Waals surface area contributed by atoms with Gasteiger partial charge in [-0.15, -0.1) is 0 Å². The molecule has 0 radical (unpaired) electrons. The first-order valence-electron chi connectivity index (χ1n) is 5.54. The van der Waals surface area contributed by atoms with E-state index in [4.69, 9.17) is 0 Å². The Balaban J connectivity index is 2.23. The summed E-state index contributed by atoms with van der Waals surface area (Å²) in [5.74, 6) is 0.737. The van der Waals surface area contributed by atoms with Gasteiger partial charge in [-0.2, -0.15) is 5.10 Å². The standard InChI is InChI=1S/C11H17BrN2/c1-2-14-11(10(12)8-13-14)9-6-4-3-5-7-9/h8-9H,2-7H2,1H3. The van der Waals surface area contributed by atoms with Crippen LogP contribution in [-0.2, 0) is 6.54 Å². The highest BCUT2D eigenvalue weighted by atomic mass is 79.9. The first kappa shape index (κ1) is 10.2. The quantitative estimate of drug-likeness (QED) is 0.789. The van der Waals surface area contributed by atoms with Gasteiger partial charge >= 0.3 is 0 Å². The molecule has 1 aromatic heterocycles. The van der Waals surface area contributed by atoms with E-state index in [0.717, 1.165) is 12.5 Å². The van der Waals surface area contributed by atoms with Gasteiger partial charge in [0.15, 0.2) is 0 Å².